The Morgan fingerprint density at radius 2 is 1.63 bits per heavy atom. The summed E-state index contributed by atoms with van der Waals surface area (Å²) in [6.07, 6.45) is 1.41. The maximum Gasteiger partial charge on any atom is 0.446 e. The predicted octanol–water partition coefficient (Wildman–Crippen LogP) is 8.55. The molecule has 0 atom stereocenters. The van der Waals surface area contributed by atoms with Crippen LogP contribution in [0.4, 0.5) is 33.7 Å². The van der Waals surface area contributed by atoms with E-state index in [9.17, 15) is 31.9 Å². The first-order valence-electron chi connectivity index (χ1n) is 14.1. The minimum absolute atomic E-state index is 0. The number of hydrogen-bond donors (Lipinski definition) is 4. The summed E-state index contributed by atoms with van der Waals surface area (Å²) in [6.45, 7) is -0.199. The minimum Gasteiger partial charge on any atom is -0.489 e. The topological polar surface area (TPSA) is 122 Å². The number of anilines is 2. The highest BCUT2D eigenvalue weighted by Crippen LogP contribution is 2.37. The quantitative estimate of drug-likeness (QED) is 0.0792. The number of alkyl halides is 3. The number of benzene rings is 4. The molecule has 49 heavy (non-hydrogen) atoms. The van der Waals surface area contributed by atoms with Gasteiger partial charge in [-0.3, -0.25) is 14.2 Å². The highest BCUT2D eigenvalue weighted by molar-refractivity contribution is 8.00. The zero-order valence-electron chi connectivity index (χ0n) is 25.0. The first kappa shape index (κ1) is 37.1. The molecule has 1 heterocycles. The summed E-state index contributed by atoms with van der Waals surface area (Å²) in [6, 6.07) is 20.0. The molecule has 0 fully saturated rings. The second-order valence-corrected chi connectivity index (χ2v) is 11.8. The molecule has 256 valence electrons. The van der Waals surface area contributed by atoms with E-state index in [1.54, 1.807) is 42.5 Å². The molecule has 5 aromatic rings. The number of halogens is 6. The number of amides is 2. The second kappa shape index (κ2) is 16.1. The summed E-state index contributed by atoms with van der Waals surface area (Å²) in [5.41, 5.74) is -2.50. The van der Waals surface area contributed by atoms with Crippen molar-refractivity contribution in [3.05, 3.63) is 119 Å². The van der Waals surface area contributed by atoms with Crippen molar-refractivity contribution < 1.29 is 41.8 Å². The van der Waals surface area contributed by atoms with Crippen molar-refractivity contribution >= 4 is 76.0 Å². The van der Waals surface area contributed by atoms with E-state index in [1.165, 1.54) is 47.2 Å². The van der Waals surface area contributed by atoms with Gasteiger partial charge < -0.3 is 25.8 Å². The number of carbonyl (C=O) groups is 3. The summed E-state index contributed by atoms with van der Waals surface area (Å²) < 4.78 is 59.4. The summed E-state index contributed by atoms with van der Waals surface area (Å²) in [5.74, 6) is -2.17. The molecule has 16 heteroatoms. The number of carbonyl (C=O) groups excluding carboxylic acids is 2. The van der Waals surface area contributed by atoms with Gasteiger partial charge >= 0.3 is 17.5 Å². The van der Waals surface area contributed by atoms with Gasteiger partial charge in [-0.05, 0) is 71.4 Å². The average molecular weight is 738 g/mol. The van der Waals surface area contributed by atoms with Crippen LogP contribution in [0.2, 0.25) is 5.02 Å². The number of nitrogens with zero attached hydrogens (tertiary/aromatic N) is 1. The Morgan fingerprint density at radius 3 is 2.33 bits per heavy atom. The highest BCUT2D eigenvalue weighted by atomic mass is 35.5. The molecule has 4 aromatic carbocycles. The Labute approximate surface area is 292 Å². The SMILES string of the molecule is Cl.O=C(O)CNCc1ccccc1C(=O)n1cc(NC(=O)Nc2ccc(OCc3ccc(SC(F)(F)F)cc3)cc2F)c2cc(Cl)ccc21. The maximum atomic E-state index is 14.9. The Bertz CT molecular complexity index is 1990. The standard InChI is InChI=1S/C33H25ClF4N4O5S.ClH/c34-21-7-12-29-25(13-21)28(17-42(29)31(45)24-4-2-1-3-20(24)15-39-16-30(43)44)41-32(46)40-27-11-8-22(14-26(27)35)47-18-19-5-9-23(10-6-19)48-33(36,37)38;/h1-14,17,39H,15-16,18H2,(H,43,44)(H2,40,41,46);1H. The molecule has 0 radical (unpaired) electrons. The van der Waals surface area contributed by atoms with Gasteiger partial charge in [0.1, 0.15) is 18.2 Å². The number of urea groups is 1. The normalized spacial score (nSPS) is 11.1. The van der Waals surface area contributed by atoms with Crippen molar-refractivity contribution in [1.29, 1.82) is 0 Å². The van der Waals surface area contributed by atoms with Gasteiger partial charge in [-0.1, -0.05) is 41.9 Å². The fourth-order valence-electron chi connectivity index (χ4n) is 4.70. The van der Waals surface area contributed by atoms with Crippen LogP contribution in [0.1, 0.15) is 21.5 Å². The van der Waals surface area contributed by atoms with E-state index in [4.69, 9.17) is 21.4 Å². The smallest absolute Gasteiger partial charge is 0.446 e. The predicted molar refractivity (Wildman–Crippen MR) is 181 cm³/mol. The second-order valence-electron chi connectivity index (χ2n) is 10.2. The molecule has 4 N–H and O–H groups in total. The van der Waals surface area contributed by atoms with Crippen LogP contribution >= 0.6 is 35.8 Å². The Hall–Kier alpha value is -4.76. The van der Waals surface area contributed by atoms with Crippen LogP contribution in [0.3, 0.4) is 0 Å². The molecule has 5 rings (SSSR count). The largest absolute Gasteiger partial charge is 0.489 e. The van der Waals surface area contributed by atoms with Gasteiger partial charge in [0.2, 0.25) is 0 Å². The van der Waals surface area contributed by atoms with Gasteiger partial charge in [-0.2, -0.15) is 13.2 Å². The molecule has 0 aliphatic carbocycles. The lowest BCUT2D eigenvalue weighted by Gasteiger charge is -2.11. The average Bonchev–Trinajstić information content (AvgIpc) is 3.37. The Morgan fingerprint density at radius 1 is 0.918 bits per heavy atom. The van der Waals surface area contributed by atoms with E-state index in [0.29, 0.717) is 32.6 Å². The van der Waals surface area contributed by atoms with E-state index in [0.717, 1.165) is 6.07 Å². The number of carboxylic acids is 1. The summed E-state index contributed by atoms with van der Waals surface area (Å²) in [7, 11) is 0. The lowest BCUT2D eigenvalue weighted by Crippen LogP contribution is -2.23. The van der Waals surface area contributed by atoms with Gasteiger partial charge in [0, 0.05) is 39.7 Å². The van der Waals surface area contributed by atoms with Crippen LogP contribution in [0.15, 0.2) is 96.0 Å². The highest BCUT2D eigenvalue weighted by Gasteiger charge is 2.29. The van der Waals surface area contributed by atoms with Crippen molar-refractivity contribution in [3.8, 4) is 5.75 Å². The number of hydrogen-bond acceptors (Lipinski definition) is 6. The van der Waals surface area contributed by atoms with Crippen LogP contribution in [0.5, 0.6) is 5.75 Å². The Kier molecular flexibility index (Phi) is 12.2. The number of fused-ring (bicyclic) bond motifs is 1. The van der Waals surface area contributed by atoms with E-state index in [1.807, 2.05) is 0 Å². The molecule has 0 saturated heterocycles. The van der Waals surface area contributed by atoms with Crippen LogP contribution in [-0.2, 0) is 17.9 Å². The van der Waals surface area contributed by atoms with E-state index in [2.05, 4.69) is 16.0 Å². The van der Waals surface area contributed by atoms with Crippen LogP contribution in [0, 0.1) is 5.82 Å². The van der Waals surface area contributed by atoms with Crippen molar-refractivity contribution in [2.75, 3.05) is 17.2 Å². The third-order valence-corrected chi connectivity index (χ3v) is 7.80. The van der Waals surface area contributed by atoms with Gasteiger partial charge in [0.25, 0.3) is 5.91 Å². The molecule has 0 spiro atoms. The molecule has 1 aromatic heterocycles. The van der Waals surface area contributed by atoms with Crippen molar-refractivity contribution in [2.24, 2.45) is 0 Å². The van der Waals surface area contributed by atoms with Crippen LogP contribution in [-0.4, -0.2) is 39.6 Å². The molecule has 0 unspecified atom stereocenters. The van der Waals surface area contributed by atoms with Crippen LogP contribution < -0.4 is 20.7 Å². The van der Waals surface area contributed by atoms with E-state index < -0.39 is 29.2 Å². The summed E-state index contributed by atoms with van der Waals surface area (Å²) >= 11 is 5.99. The number of nitrogens with one attached hydrogen (secondary N) is 3. The molecule has 0 aliphatic heterocycles. The zero-order valence-corrected chi connectivity index (χ0v) is 27.4. The minimum atomic E-state index is -4.40. The fraction of sp³-hybridized carbons (Fsp3) is 0.121. The molecule has 0 aliphatic rings. The van der Waals surface area contributed by atoms with Crippen molar-refractivity contribution in [1.82, 2.24) is 9.88 Å². The summed E-state index contributed by atoms with van der Waals surface area (Å²) in [4.78, 5) is 37.6. The van der Waals surface area contributed by atoms with E-state index >= 15 is 0 Å². The maximum absolute atomic E-state index is 14.9. The third-order valence-electron chi connectivity index (χ3n) is 6.82. The van der Waals surface area contributed by atoms with Crippen molar-refractivity contribution in [2.45, 2.75) is 23.6 Å². The number of carboxylic acid groups (broad SMARTS) is 1. The lowest BCUT2D eigenvalue weighted by atomic mass is 10.1. The van der Waals surface area contributed by atoms with E-state index in [-0.39, 0.29) is 65.9 Å². The number of aromatic nitrogens is 1. The van der Waals surface area contributed by atoms with Gasteiger partial charge in [0.15, 0.2) is 0 Å². The number of aliphatic carboxylic acids is 1. The first-order chi connectivity index (χ1) is 22.9. The Balaban J connectivity index is 0.00000541. The zero-order chi connectivity index (χ0) is 34.4. The van der Waals surface area contributed by atoms with Gasteiger partial charge in [-0.25, -0.2) is 9.18 Å². The summed E-state index contributed by atoms with van der Waals surface area (Å²) in [5, 5.41) is 17.5. The fourth-order valence-corrected chi connectivity index (χ4v) is 5.42. The molecule has 2 amide bonds. The monoisotopic (exact) mass is 736 g/mol. The third kappa shape index (κ3) is 9.89. The van der Waals surface area contributed by atoms with Gasteiger partial charge in [0.05, 0.1) is 23.4 Å². The number of rotatable bonds is 11. The van der Waals surface area contributed by atoms with Gasteiger partial charge in [-0.15, -0.1) is 12.4 Å². The molecule has 0 bridgehead atoms. The molecule has 9 nitrogen and oxygen atoms in total. The number of thioether (sulfide) groups is 1. The lowest BCUT2D eigenvalue weighted by molar-refractivity contribution is -0.136. The molecule has 0 saturated carbocycles. The van der Waals surface area contributed by atoms with Crippen molar-refractivity contribution in [3.63, 3.8) is 0 Å². The van der Waals surface area contributed by atoms with Crippen LogP contribution in [0.25, 0.3) is 10.9 Å². The molecular formula is C33H26Cl2F4N4O5S. The molecular weight excluding hydrogens is 711 g/mol. The first-order valence-corrected chi connectivity index (χ1v) is 15.3. The number of ether oxygens (including phenoxy) is 1.